The molecule has 0 aliphatic heterocycles. The number of anilines is 1. The number of carbonyl (C=O) groups is 1. The van der Waals surface area contributed by atoms with Crippen molar-refractivity contribution in [1.82, 2.24) is 20.1 Å². The van der Waals surface area contributed by atoms with Crippen LogP contribution in [0, 0.1) is 11.3 Å². The Bertz CT molecular complexity index is 1420. The molecule has 8 heteroatoms. The van der Waals surface area contributed by atoms with E-state index in [1.54, 1.807) is 43.7 Å². The van der Waals surface area contributed by atoms with Gasteiger partial charge >= 0.3 is 0 Å². The minimum absolute atomic E-state index is 0.126. The van der Waals surface area contributed by atoms with Crippen LogP contribution in [0.2, 0.25) is 0 Å². The monoisotopic (exact) mass is 478 g/mol. The summed E-state index contributed by atoms with van der Waals surface area (Å²) in [6.45, 7) is 2.63. The molecule has 0 saturated carbocycles. The molecule has 0 bridgehead atoms. The predicted molar refractivity (Wildman–Crippen MR) is 138 cm³/mol. The summed E-state index contributed by atoms with van der Waals surface area (Å²) in [5, 5.41) is 19.3. The molecule has 4 rings (SSSR count). The van der Waals surface area contributed by atoms with Gasteiger partial charge in [-0.1, -0.05) is 49.4 Å². The topological polar surface area (TPSA) is 113 Å². The summed E-state index contributed by atoms with van der Waals surface area (Å²) >= 11 is 0. The third-order valence-corrected chi connectivity index (χ3v) is 5.95. The van der Waals surface area contributed by atoms with Crippen LogP contribution in [-0.4, -0.2) is 27.2 Å². The molecule has 0 aliphatic carbocycles. The van der Waals surface area contributed by atoms with Gasteiger partial charge in [0.25, 0.3) is 5.56 Å². The molecular formula is C28H26N6O2. The minimum atomic E-state index is -0.588. The van der Waals surface area contributed by atoms with Crippen molar-refractivity contribution in [3.8, 4) is 17.2 Å². The fourth-order valence-corrected chi connectivity index (χ4v) is 3.77. The van der Waals surface area contributed by atoms with Gasteiger partial charge in [-0.05, 0) is 41.3 Å². The van der Waals surface area contributed by atoms with Crippen LogP contribution in [0.25, 0.3) is 11.1 Å². The number of pyridine rings is 1. The van der Waals surface area contributed by atoms with Gasteiger partial charge in [0.1, 0.15) is 11.9 Å². The van der Waals surface area contributed by atoms with Gasteiger partial charge in [-0.15, -0.1) is 0 Å². The third-order valence-electron chi connectivity index (χ3n) is 5.95. The van der Waals surface area contributed by atoms with Gasteiger partial charge in [0, 0.05) is 37.0 Å². The summed E-state index contributed by atoms with van der Waals surface area (Å²) in [5.41, 5.74) is 3.71. The highest BCUT2D eigenvalue weighted by Crippen LogP contribution is 2.21. The van der Waals surface area contributed by atoms with Crippen molar-refractivity contribution in [2.75, 3.05) is 11.9 Å². The average Bonchev–Trinajstić information content (AvgIpc) is 2.91. The number of nitrogens with one attached hydrogen (secondary N) is 2. The molecule has 2 aromatic carbocycles. The van der Waals surface area contributed by atoms with Gasteiger partial charge < -0.3 is 10.6 Å². The molecular weight excluding hydrogens is 452 g/mol. The highest BCUT2D eigenvalue weighted by atomic mass is 16.2. The first kappa shape index (κ1) is 24.5. The molecule has 2 N–H and O–H groups in total. The zero-order chi connectivity index (χ0) is 25.5. The lowest BCUT2D eigenvalue weighted by Crippen LogP contribution is -2.35. The number of aromatic nitrogens is 3. The molecule has 0 radical (unpaired) electrons. The number of hydrogen-bond donors (Lipinski definition) is 2. The van der Waals surface area contributed by atoms with E-state index >= 15 is 0 Å². The molecule has 0 aliphatic rings. The number of benzene rings is 2. The number of amides is 1. The highest BCUT2D eigenvalue weighted by molar-refractivity contribution is 5.95. The van der Waals surface area contributed by atoms with Gasteiger partial charge in [0.15, 0.2) is 0 Å². The Morgan fingerprint density at radius 3 is 2.39 bits per heavy atom. The van der Waals surface area contributed by atoms with Crippen LogP contribution in [0.5, 0.6) is 0 Å². The van der Waals surface area contributed by atoms with Crippen LogP contribution in [0.3, 0.4) is 0 Å². The summed E-state index contributed by atoms with van der Waals surface area (Å²) in [6, 6.07) is 23.5. The average molecular weight is 479 g/mol. The maximum atomic E-state index is 13.3. The number of carbonyl (C=O) groups excluding carboxylic acids is 1. The molecule has 36 heavy (non-hydrogen) atoms. The molecule has 0 spiro atoms. The van der Waals surface area contributed by atoms with Crippen LogP contribution in [0.1, 0.15) is 35.6 Å². The smallest absolute Gasteiger partial charge is 0.267 e. The Morgan fingerprint density at radius 2 is 1.75 bits per heavy atom. The van der Waals surface area contributed by atoms with Crippen LogP contribution >= 0.6 is 0 Å². The summed E-state index contributed by atoms with van der Waals surface area (Å²) in [5.74, 6) is 0.300. The second kappa shape index (κ2) is 11.2. The van der Waals surface area contributed by atoms with Gasteiger partial charge in [0.05, 0.1) is 17.8 Å². The van der Waals surface area contributed by atoms with Crippen LogP contribution in [-0.2, 0) is 11.8 Å². The fraction of sp³-hybridized carbons (Fsp3) is 0.179. The Hall–Kier alpha value is -4.61. The number of nitriles is 1. The van der Waals surface area contributed by atoms with E-state index < -0.39 is 6.04 Å². The van der Waals surface area contributed by atoms with E-state index in [0.29, 0.717) is 23.5 Å². The van der Waals surface area contributed by atoms with E-state index in [2.05, 4.69) is 33.7 Å². The standard InChI is InChI=1S/C28H26N6O2/c1-19(21-10-8-20(15-29)9-11-21)16-31-27(22-6-4-3-5-7-22)28(36)33-25-13-12-23(17-30-25)24-14-26(35)34(2)32-18-24/h3-14,17-19,27,31H,16H2,1-2H3,(H,30,33,36)/t19-,27+/m1/s1. The van der Waals surface area contributed by atoms with Gasteiger partial charge in [-0.2, -0.15) is 10.4 Å². The van der Waals surface area contributed by atoms with E-state index in [1.807, 2.05) is 42.5 Å². The van der Waals surface area contributed by atoms with E-state index in [0.717, 1.165) is 16.7 Å². The maximum Gasteiger partial charge on any atom is 0.267 e. The first-order valence-electron chi connectivity index (χ1n) is 11.5. The number of rotatable bonds is 8. The lowest BCUT2D eigenvalue weighted by molar-refractivity contribution is -0.118. The lowest BCUT2D eigenvalue weighted by Gasteiger charge is -2.21. The van der Waals surface area contributed by atoms with Crippen molar-refractivity contribution in [3.05, 3.63) is 112 Å². The normalized spacial score (nSPS) is 12.4. The van der Waals surface area contributed by atoms with Crippen molar-refractivity contribution < 1.29 is 4.79 Å². The summed E-state index contributed by atoms with van der Waals surface area (Å²) < 4.78 is 1.25. The van der Waals surface area contributed by atoms with Gasteiger partial charge in [-0.3, -0.25) is 9.59 Å². The second-order valence-corrected chi connectivity index (χ2v) is 8.51. The molecule has 2 heterocycles. The summed E-state index contributed by atoms with van der Waals surface area (Å²) in [7, 11) is 1.59. The largest absolute Gasteiger partial charge is 0.309 e. The SMILES string of the molecule is C[C@H](CN[C@H](C(=O)Nc1ccc(-c2cnn(C)c(=O)c2)cn1)c1ccccc1)c1ccc(C#N)cc1. The zero-order valence-electron chi connectivity index (χ0n) is 20.1. The fourth-order valence-electron chi connectivity index (χ4n) is 3.77. The van der Waals surface area contributed by atoms with E-state index in [9.17, 15) is 9.59 Å². The van der Waals surface area contributed by atoms with E-state index in [4.69, 9.17) is 5.26 Å². The first-order valence-corrected chi connectivity index (χ1v) is 11.5. The zero-order valence-corrected chi connectivity index (χ0v) is 20.1. The quantitative estimate of drug-likeness (QED) is 0.398. The number of aryl methyl sites for hydroxylation is 1. The van der Waals surface area contributed by atoms with Crippen molar-refractivity contribution >= 4 is 11.7 Å². The third kappa shape index (κ3) is 5.90. The van der Waals surface area contributed by atoms with Crippen LogP contribution in [0.4, 0.5) is 5.82 Å². The van der Waals surface area contributed by atoms with E-state index in [1.165, 1.54) is 10.7 Å². The molecule has 0 unspecified atom stereocenters. The molecule has 180 valence electrons. The van der Waals surface area contributed by atoms with Crippen molar-refractivity contribution in [1.29, 1.82) is 5.26 Å². The van der Waals surface area contributed by atoms with Gasteiger partial charge in [-0.25, -0.2) is 9.67 Å². The van der Waals surface area contributed by atoms with E-state index in [-0.39, 0.29) is 17.4 Å². The summed E-state index contributed by atoms with van der Waals surface area (Å²) in [6.07, 6.45) is 3.20. The molecule has 0 fully saturated rings. The Morgan fingerprint density at radius 1 is 1.00 bits per heavy atom. The molecule has 0 saturated heterocycles. The minimum Gasteiger partial charge on any atom is -0.309 e. The molecule has 2 atom stereocenters. The Balaban J connectivity index is 1.47. The second-order valence-electron chi connectivity index (χ2n) is 8.51. The number of hydrogen-bond acceptors (Lipinski definition) is 6. The lowest BCUT2D eigenvalue weighted by atomic mass is 9.98. The van der Waals surface area contributed by atoms with Crippen molar-refractivity contribution in [2.24, 2.45) is 7.05 Å². The molecule has 2 aromatic heterocycles. The summed E-state index contributed by atoms with van der Waals surface area (Å²) in [4.78, 5) is 29.5. The molecule has 4 aromatic rings. The molecule has 1 amide bonds. The maximum absolute atomic E-state index is 13.3. The predicted octanol–water partition coefficient (Wildman–Crippen LogP) is 3.79. The van der Waals surface area contributed by atoms with Crippen LogP contribution in [0.15, 0.2) is 90.0 Å². The molecule has 8 nitrogen and oxygen atoms in total. The highest BCUT2D eigenvalue weighted by Gasteiger charge is 2.22. The Labute approximate surface area is 209 Å². The van der Waals surface area contributed by atoms with Crippen molar-refractivity contribution in [2.45, 2.75) is 18.9 Å². The number of nitrogens with zero attached hydrogens (tertiary/aromatic N) is 4. The van der Waals surface area contributed by atoms with Crippen molar-refractivity contribution in [3.63, 3.8) is 0 Å². The Kier molecular flexibility index (Phi) is 7.63. The van der Waals surface area contributed by atoms with Crippen LogP contribution < -0.4 is 16.2 Å². The van der Waals surface area contributed by atoms with Gasteiger partial charge in [0.2, 0.25) is 5.91 Å². The first-order chi connectivity index (χ1) is 17.4.